The molecule has 0 atom stereocenters. The summed E-state index contributed by atoms with van der Waals surface area (Å²) in [6.07, 6.45) is 20.2. The van der Waals surface area contributed by atoms with Crippen LogP contribution in [0.3, 0.4) is 0 Å². The number of carboxylic acid groups (broad SMARTS) is 6. The van der Waals surface area contributed by atoms with Gasteiger partial charge < -0.3 is 30.6 Å². The molecule has 48 heavy (non-hydrogen) atoms. The van der Waals surface area contributed by atoms with Crippen molar-refractivity contribution in [2.24, 2.45) is 0 Å². The van der Waals surface area contributed by atoms with Gasteiger partial charge in [-0.25, -0.2) is 0 Å². The average Bonchev–Trinajstić information content (AvgIpc) is 2.95. The number of hydrogen-bond donors (Lipinski definition) is 6. The third kappa shape index (κ3) is 40.2. The van der Waals surface area contributed by atoms with Crippen LogP contribution in [0.1, 0.15) is 110 Å². The Kier molecular flexibility index (Phi) is 36.6. The quantitative estimate of drug-likeness (QED) is 0.0531. The number of nitrogens with zero attached hydrogens (tertiary/aromatic N) is 3. The van der Waals surface area contributed by atoms with Gasteiger partial charge in [-0.05, 0) is 6.42 Å². The summed E-state index contributed by atoms with van der Waals surface area (Å²) in [5, 5.41) is 52.6. The van der Waals surface area contributed by atoms with E-state index in [-0.39, 0.29) is 66.1 Å². The van der Waals surface area contributed by atoms with Crippen LogP contribution in [0, 0.1) is 39.9 Å². The van der Waals surface area contributed by atoms with Gasteiger partial charge in [0.1, 0.15) is 0 Å². The van der Waals surface area contributed by atoms with Crippen LogP contribution in [0.25, 0.3) is 0 Å². The smallest absolute Gasteiger partial charge is 0.481 e. The Morgan fingerprint density at radius 2 is 0.583 bits per heavy atom. The van der Waals surface area contributed by atoms with Crippen LogP contribution >= 0.6 is 0 Å². The molecule has 0 aromatic rings. The van der Waals surface area contributed by atoms with E-state index in [0.717, 1.165) is 22.6 Å². The van der Waals surface area contributed by atoms with Crippen molar-refractivity contribution >= 4 is 35.8 Å². The molecule has 0 saturated carbocycles. The molecule has 0 spiro atoms. The second kappa shape index (κ2) is 34.9. The van der Waals surface area contributed by atoms with Gasteiger partial charge in [0.15, 0.2) is 0 Å². The molecule has 0 heterocycles. The first-order valence-electron chi connectivity index (χ1n) is 16.7. The van der Waals surface area contributed by atoms with Crippen LogP contribution < -0.4 is 0 Å². The van der Waals surface area contributed by atoms with Gasteiger partial charge in [-0.15, -0.1) is 0 Å². The Balaban J connectivity index is -0.000000862. The number of carboxylic acids is 6. The molecule has 0 aliphatic heterocycles. The molecule has 0 aromatic heterocycles. The van der Waals surface area contributed by atoms with Gasteiger partial charge >= 0.3 is 75.8 Å². The van der Waals surface area contributed by atoms with Crippen molar-refractivity contribution in [2.75, 3.05) is 58.9 Å². The molecule has 6 N–H and O–H groups in total. The van der Waals surface area contributed by atoms with Crippen LogP contribution in [-0.4, -0.2) is 140 Å². The summed E-state index contributed by atoms with van der Waals surface area (Å²) in [7, 11) is 0. The topological polar surface area (TPSA) is 234 Å². The number of aliphatic carboxylic acids is 6. The molecule has 0 bridgehead atoms. The number of hydrogen-bond acceptors (Lipinski definition) is 9. The van der Waals surface area contributed by atoms with E-state index in [1.165, 1.54) is 88.4 Å². The summed E-state index contributed by atoms with van der Waals surface area (Å²) < 4.78 is 0. The van der Waals surface area contributed by atoms with Crippen molar-refractivity contribution in [2.45, 2.75) is 110 Å². The maximum absolute atomic E-state index is 11.0. The molecule has 0 rings (SSSR count). The second-order valence-electron chi connectivity index (χ2n) is 11.8. The molecule has 0 unspecified atom stereocenters. The van der Waals surface area contributed by atoms with Crippen molar-refractivity contribution in [3.8, 4) is 0 Å². The summed E-state index contributed by atoms with van der Waals surface area (Å²) >= 11 is 0. The molecule has 15 nitrogen and oxygen atoms in total. The van der Waals surface area contributed by atoms with Gasteiger partial charge in [0.25, 0.3) is 0 Å². The van der Waals surface area contributed by atoms with Crippen LogP contribution in [0.15, 0.2) is 0 Å². The number of unbranched alkanes of at least 4 members (excludes halogenated alkanes) is 14. The SMILES string of the molecule is CCCCCCCCCCCCCCCCCC(=O)O.O=C(O)CN(CCN(CC(=O)O)CC(=O)O)CCN(CC(=O)O)CC(=O)O.[Gd+3]. The Morgan fingerprint density at radius 3 is 0.833 bits per heavy atom. The molecule has 279 valence electrons. The van der Waals surface area contributed by atoms with E-state index in [0.29, 0.717) is 6.42 Å². The fourth-order valence-corrected chi connectivity index (χ4v) is 4.87. The molecule has 0 aromatic carbocycles. The zero-order chi connectivity index (χ0) is 35.9. The van der Waals surface area contributed by atoms with E-state index in [1.54, 1.807) is 0 Å². The third-order valence-electron chi connectivity index (χ3n) is 7.25. The molecular formula is C32H59GdN3O12+3. The monoisotopic (exact) mass is 835 g/mol. The Labute approximate surface area is 316 Å². The van der Waals surface area contributed by atoms with Gasteiger partial charge in [0.2, 0.25) is 0 Å². The molecule has 1 radical (unpaired) electrons. The van der Waals surface area contributed by atoms with Crippen LogP contribution in [-0.2, 0) is 28.8 Å². The van der Waals surface area contributed by atoms with E-state index < -0.39 is 68.5 Å². The number of carbonyl (C=O) groups is 6. The molecule has 0 aliphatic rings. The minimum atomic E-state index is -1.24. The maximum Gasteiger partial charge on any atom is 3.00 e. The van der Waals surface area contributed by atoms with Crippen LogP contribution in [0.4, 0.5) is 0 Å². The first-order chi connectivity index (χ1) is 22.3. The Bertz CT molecular complexity index is 822. The fraction of sp³-hybridized carbons (Fsp3) is 0.812. The molecule has 0 aliphatic carbocycles. The van der Waals surface area contributed by atoms with E-state index in [2.05, 4.69) is 6.92 Å². The van der Waals surface area contributed by atoms with E-state index in [4.69, 9.17) is 30.6 Å². The largest absolute Gasteiger partial charge is 3.00 e. The fourth-order valence-electron chi connectivity index (χ4n) is 4.87. The summed E-state index contributed by atoms with van der Waals surface area (Å²) in [5.41, 5.74) is 0. The first-order valence-corrected chi connectivity index (χ1v) is 16.7. The predicted molar refractivity (Wildman–Crippen MR) is 175 cm³/mol. The van der Waals surface area contributed by atoms with Gasteiger partial charge in [-0.1, -0.05) is 96.8 Å². The van der Waals surface area contributed by atoms with Gasteiger partial charge in [-0.3, -0.25) is 43.5 Å². The van der Waals surface area contributed by atoms with Crippen molar-refractivity contribution in [1.29, 1.82) is 0 Å². The predicted octanol–water partition coefficient (Wildman–Crippen LogP) is 3.65. The van der Waals surface area contributed by atoms with Gasteiger partial charge in [0, 0.05) is 32.6 Å². The molecule has 0 fully saturated rings. The molecule has 16 heteroatoms. The maximum atomic E-state index is 11.0. The van der Waals surface area contributed by atoms with Crippen LogP contribution in [0.2, 0.25) is 0 Å². The molecule has 0 amide bonds. The third-order valence-corrected chi connectivity index (χ3v) is 7.25. The van der Waals surface area contributed by atoms with Gasteiger partial charge in [0.05, 0.1) is 32.7 Å². The second-order valence-corrected chi connectivity index (χ2v) is 11.8. The van der Waals surface area contributed by atoms with E-state index in [1.807, 2.05) is 0 Å². The molecular weight excluding hydrogens is 776 g/mol. The Hall–Kier alpha value is -1.98. The summed E-state index contributed by atoms with van der Waals surface area (Å²) in [4.78, 5) is 67.9. The first kappa shape index (κ1) is 50.4. The van der Waals surface area contributed by atoms with Crippen molar-refractivity contribution in [3.63, 3.8) is 0 Å². The summed E-state index contributed by atoms with van der Waals surface area (Å²) in [6, 6.07) is 0. The van der Waals surface area contributed by atoms with Crippen molar-refractivity contribution < 1.29 is 99.3 Å². The van der Waals surface area contributed by atoms with Crippen LogP contribution in [0.5, 0.6) is 0 Å². The Morgan fingerprint density at radius 1 is 0.354 bits per heavy atom. The van der Waals surface area contributed by atoms with E-state index in [9.17, 15) is 28.8 Å². The zero-order valence-electron chi connectivity index (χ0n) is 28.5. The van der Waals surface area contributed by atoms with Crippen molar-refractivity contribution in [1.82, 2.24) is 14.7 Å². The zero-order valence-corrected chi connectivity index (χ0v) is 30.8. The summed E-state index contributed by atoms with van der Waals surface area (Å²) in [5.74, 6) is -6.81. The standard InChI is InChI=1S/C18H36O2.C14H23N3O10.Gd/c1-2-3-4-5-6-7-8-9-10-11-12-13-14-15-16-17-18(19)20;18-10(19)5-15(1-3-16(6-11(20)21)7-12(22)23)2-4-17(8-13(24)25)9-14(26)27;/h2-17H2,1H3,(H,19,20);1-9H2,(H,18,19)(H,20,21)(H,22,23)(H,24,25)(H,26,27);/q;;+3. The minimum Gasteiger partial charge on any atom is -0.481 e. The number of rotatable bonds is 32. The van der Waals surface area contributed by atoms with Gasteiger partial charge in [-0.2, -0.15) is 0 Å². The normalized spacial score (nSPS) is 10.8. The molecule has 0 saturated heterocycles. The summed E-state index contributed by atoms with van der Waals surface area (Å²) in [6.45, 7) is -0.466. The minimum absolute atomic E-state index is 0. The van der Waals surface area contributed by atoms with Crippen molar-refractivity contribution in [3.05, 3.63) is 0 Å². The average molecular weight is 835 g/mol. The van der Waals surface area contributed by atoms with E-state index >= 15 is 0 Å².